The number of alkyl halides is 3. The maximum Gasteiger partial charge on any atom is 0.573 e. The molecule has 0 aromatic heterocycles. The van der Waals surface area contributed by atoms with Crippen LogP contribution < -0.4 is 9.64 Å². The summed E-state index contributed by atoms with van der Waals surface area (Å²) in [5.74, 6) is -1.23. The largest absolute Gasteiger partial charge is 0.573 e. The molecule has 1 fully saturated rings. The van der Waals surface area contributed by atoms with E-state index in [4.69, 9.17) is 4.74 Å². The Hall–Kier alpha value is -3.11. The molecule has 180 valence electrons. The summed E-state index contributed by atoms with van der Waals surface area (Å²) in [6.07, 6.45) is -4.85. The van der Waals surface area contributed by atoms with Gasteiger partial charge in [0.25, 0.3) is 0 Å². The van der Waals surface area contributed by atoms with E-state index in [9.17, 15) is 26.0 Å². The van der Waals surface area contributed by atoms with Gasteiger partial charge in [-0.1, -0.05) is 24.3 Å². The standard InChI is InChI=1S/C24H21F4NO4S/c25-20-6-4-17(5-7-20)16-34(30,31)23-14-19(12-21(15-23)29-8-10-32-11-9-29)18-2-1-3-22(13-18)33-24(26,27)28/h1-7,12-15H,8-11,16H2. The Bertz CT molecular complexity index is 1250. The Balaban J connectivity index is 1.75. The first kappa shape index (κ1) is 24.0. The van der Waals surface area contributed by atoms with Gasteiger partial charge in [0.15, 0.2) is 9.84 Å². The summed E-state index contributed by atoms with van der Waals surface area (Å²) in [6, 6.07) is 15.3. The van der Waals surface area contributed by atoms with E-state index in [0.29, 0.717) is 48.7 Å². The molecule has 1 aliphatic heterocycles. The van der Waals surface area contributed by atoms with E-state index in [1.807, 2.05) is 4.90 Å². The maximum absolute atomic E-state index is 13.2. The number of anilines is 1. The predicted octanol–water partition coefficient (Wildman–Crippen LogP) is 5.20. The SMILES string of the molecule is O=S(=O)(Cc1ccc(F)cc1)c1cc(-c2cccc(OC(F)(F)F)c2)cc(N2CCOCC2)c1. The van der Waals surface area contributed by atoms with Gasteiger partial charge in [-0.25, -0.2) is 12.8 Å². The van der Waals surface area contributed by atoms with Gasteiger partial charge in [0.2, 0.25) is 0 Å². The summed E-state index contributed by atoms with van der Waals surface area (Å²) in [5.41, 5.74) is 1.82. The summed E-state index contributed by atoms with van der Waals surface area (Å²) >= 11 is 0. The van der Waals surface area contributed by atoms with Crippen molar-refractivity contribution in [3.63, 3.8) is 0 Å². The Morgan fingerprint density at radius 1 is 0.912 bits per heavy atom. The number of halogens is 4. The smallest absolute Gasteiger partial charge is 0.406 e. The molecule has 0 spiro atoms. The van der Waals surface area contributed by atoms with Crippen molar-refractivity contribution < 1.29 is 35.5 Å². The predicted molar refractivity (Wildman–Crippen MR) is 119 cm³/mol. The molecule has 1 saturated heterocycles. The number of benzene rings is 3. The summed E-state index contributed by atoms with van der Waals surface area (Å²) < 4.78 is 87.2. The highest BCUT2D eigenvalue weighted by atomic mass is 32.2. The van der Waals surface area contributed by atoms with Crippen LogP contribution in [0.25, 0.3) is 11.1 Å². The molecule has 4 rings (SSSR count). The van der Waals surface area contributed by atoms with Crippen molar-refractivity contribution in [1.82, 2.24) is 0 Å². The number of ether oxygens (including phenoxy) is 2. The zero-order valence-corrected chi connectivity index (χ0v) is 18.7. The summed E-state index contributed by atoms with van der Waals surface area (Å²) in [6.45, 7) is 2.02. The monoisotopic (exact) mass is 495 g/mol. The second-order valence-electron chi connectivity index (χ2n) is 7.78. The third kappa shape index (κ3) is 6.06. The molecule has 0 saturated carbocycles. The van der Waals surface area contributed by atoms with Crippen LogP contribution in [0.1, 0.15) is 5.56 Å². The Labute approximate surface area is 194 Å². The van der Waals surface area contributed by atoms with Gasteiger partial charge in [0, 0.05) is 18.8 Å². The number of nitrogens with zero attached hydrogens (tertiary/aromatic N) is 1. The van der Waals surface area contributed by atoms with E-state index in [-0.39, 0.29) is 10.6 Å². The summed E-state index contributed by atoms with van der Waals surface area (Å²) in [4.78, 5) is 1.97. The Morgan fingerprint density at radius 3 is 2.29 bits per heavy atom. The molecule has 3 aromatic carbocycles. The highest BCUT2D eigenvalue weighted by molar-refractivity contribution is 7.90. The van der Waals surface area contributed by atoms with E-state index in [1.54, 1.807) is 18.2 Å². The van der Waals surface area contributed by atoms with Crippen LogP contribution in [0, 0.1) is 5.82 Å². The van der Waals surface area contributed by atoms with Gasteiger partial charge in [0.05, 0.1) is 23.9 Å². The fourth-order valence-corrected chi connectivity index (χ4v) is 5.09. The molecule has 0 radical (unpaired) electrons. The van der Waals surface area contributed by atoms with Gasteiger partial charge in [0.1, 0.15) is 11.6 Å². The molecule has 0 bridgehead atoms. The molecule has 0 N–H and O–H groups in total. The number of hydrogen-bond donors (Lipinski definition) is 0. The van der Waals surface area contributed by atoms with Crippen LogP contribution in [0.5, 0.6) is 5.75 Å². The van der Waals surface area contributed by atoms with Gasteiger partial charge < -0.3 is 14.4 Å². The minimum atomic E-state index is -4.85. The lowest BCUT2D eigenvalue weighted by Gasteiger charge is -2.29. The number of morpholine rings is 1. The minimum Gasteiger partial charge on any atom is -0.406 e. The maximum atomic E-state index is 13.2. The zero-order valence-electron chi connectivity index (χ0n) is 17.9. The van der Waals surface area contributed by atoms with Crippen molar-refractivity contribution in [2.45, 2.75) is 17.0 Å². The van der Waals surface area contributed by atoms with Gasteiger partial charge >= 0.3 is 6.36 Å². The molecule has 10 heteroatoms. The van der Waals surface area contributed by atoms with Crippen molar-refractivity contribution in [2.24, 2.45) is 0 Å². The Kier molecular flexibility index (Phi) is 6.81. The van der Waals surface area contributed by atoms with Crippen LogP contribution in [0.2, 0.25) is 0 Å². The second kappa shape index (κ2) is 9.63. The summed E-state index contributed by atoms with van der Waals surface area (Å²) in [7, 11) is -3.85. The normalized spacial score (nSPS) is 14.8. The van der Waals surface area contributed by atoms with E-state index < -0.39 is 27.8 Å². The molecule has 0 amide bonds. The van der Waals surface area contributed by atoms with Gasteiger partial charge in [-0.15, -0.1) is 13.2 Å². The van der Waals surface area contributed by atoms with E-state index in [2.05, 4.69) is 4.74 Å². The summed E-state index contributed by atoms with van der Waals surface area (Å²) in [5, 5.41) is 0. The van der Waals surface area contributed by atoms with Crippen molar-refractivity contribution >= 4 is 15.5 Å². The molecule has 1 heterocycles. The van der Waals surface area contributed by atoms with E-state index in [0.717, 1.165) is 0 Å². The molecule has 5 nitrogen and oxygen atoms in total. The average molecular weight is 495 g/mol. The van der Waals surface area contributed by atoms with Crippen LogP contribution in [0.15, 0.2) is 71.6 Å². The fraction of sp³-hybridized carbons (Fsp3) is 0.250. The van der Waals surface area contributed by atoms with Crippen molar-refractivity contribution in [3.8, 4) is 16.9 Å². The van der Waals surface area contributed by atoms with Crippen molar-refractivity contribution in [1.29, 1.82) is 0 Å². The number of sulfone groups is 1. The molecule has 0 atom stereocenters. The highest BCUT2D eigenvalue weighted by Crippen LogP contribution is 2.33. The van der Waals surface area contributed by atoms with Crippen LogP contribution in [-0.2, 0) is 20.3 Å². The van der Waals surface area contributed by atoms with E-state index >= 15 is 0 Å². The highest BCUT2D eigenvalue weighted by Gasteiger charge is 2.31. The van der Waals surface area contributed by atoms with Crippen molar-refractivity contribution in [2.75, 3.05) is 31.2 Å². The number of rotatable bonds is 6. The van der Waals surface area contributed by atoms with Crippen LogP contribution >= 0.6 is 0 Å². The van der Waals surface area contributed by atoms with Crippen LogP contribution in [0.3, 0.4) is 0 Å². The first-order valence-electron chi connectivity index (χ1n) is 10.4. The first-order valence-corrected chi connectivity index (χ1v) is 12.1. The lowest BCUT2D eigenvalue weighted by Crippen LogP contribution is -2.36. The molecule has 0 aliphatic carbocycles. The average Bonchev–Trinajstić information content (AvgIpc) is 2.80. The molecular weight excluding hydrogens is 474 g/mol. The lowest BCUT2D eigenvalue weighted by molar-refractivity contribution is -0.274. The van der Waals surface area contributed by atoms with Gasteiger partial charge in [-0.2, -0.15) is 0 Å². The second-order valence-corrected chi connectivity index (χ2v) is 9.77. The lowest BCUT2D eigenvalue weighted by atomic mass is 10.0. The molecular formula is C24H21F4NO4S. The van der Waals surface area contributed by atoms with Crippen LogP contribution in [-0.4, -0.2) is 41.1 Å². The third-order valence-corrected chi connectivity index (χ3v) is 6.96. The van der Waals surface area contributed by atoms with Gasteiger partial charge in [-0.05, 0) is 59.2 Å². The molecule has 0 unspecified atom stereocenters. The quantitative estimate of drug-likeness (QED) is 0.440. The molecule has 3 aromatic rings. The van der Waals surface area contributed by atoms with Crippen molar-refractivity contribution in [3.05, 3.63) is 78.1 Å². The third-order valence-electron chi connectivity index (χ3n) is 5.30. The van der Waals surface area contributed by atoms with Gasteiger partial charge in [-0.3, -0.25) is 0 Å². The fourth-order valence-electron chi connectivity index (χ4n) is 3.69. The minimum absolute atomic E-state index is 0.0120. The Morgan fingerprint density at radius 2 is 1.62 bits per heavy atom. The van der Waals surface area contributed by atoms with E-state index in [1.165, 1.54) is 48.5 Å². The molecule has 34 heavy (non-hydrogen) atoms. The number of hydrogen-bond acceptors (Lipinski definition) is 5. The first-order chi connectivity index (χ1) is 16.1. The zero-order chi connectivity index (χ0) is 24.3. The topological polar surface area (TPSA) is 55.8 Å². The van der Waals surface area contributed by atoms with Crippen LogP contribution in [0.4, 0.5) is 23.2 Å². The molecule has 1 aliphatic rings.